The molecule has 214 valence electrons. The quantitative estimate of drug-likeness (QED) is 0.221. The zero-order valence-electron chi connectivity index (χ0n) is 22.6. The minimum atomic E-state index is -1.05. The average molecular weight is 553 g/mol. The van der Waals surface area contributed by atoms with Gasteiger partial charge >= 0.3 is 0 Å². The van der Waals surface area contributed by atoms with Gasteiger partial charge in [0.1, 0.15) is 17.8 Å². The van der Waals surface area contributed by atoms with Crippen LogP contribution in [0.2, 0.25) is 0 Å². The maximum atomic E-state index is 13.4. The van der Waals surface area contributed by atoms with Crippen LogP contribution in [0.3, 0.4) is 0 Å². The molecule has 2 heterocycles. The van der Waals surface area contributed by atoms with Gasteiger partial charge in [0.2, 0.25) is 11.8 Å². The number of carbonyl (C=O) groups excluding carboxylic acids is 4. The number of piperazine rings is 1. The third-order valence-electron chi connectivity index (χ3n) is 7.01. The molecule has 4 rings (SSSR count). The number of primary amides is 1. The number of aromatic hydroxyl groups is 1. The monoisotopic (exact) mass is 552 g/mol. The van der Waals surface area contributed by atoms with E-state index >= 15 is 0 Å². The summed E-state index contributed by atoms with van der Waals surface area (Å²) in [6.07, 6.45) is -1.72. The van der Waals surface area contributed by atoms with Gasteiger partial charge in [-0.25, -0.2) is 5.01 Å². The topological polar surface area (TPSA) is 170 Å². The van der Waals surface area contributed by atoms with Crippen molar-refractivity contribution in [3.8, 4) is 5.75 Å². The molecule has 2 aliphatic heterocycles. The number of carbonyl (C=O) groups is 4. The maximum Gasteiger partial charge on any atom is 0.266 e. The Morgan fingerprint density at radius 2 is 1.43 bits per heavy atom. The first-order valence-corrected chi connectivity index (χ1v) is 13.2. The van der Waals surface area contributed by atoms with Crippen LogP contribution in [0, 0.1) is 6.92 Å². The van der Waals surface area contributed by atoms with E-state index in [1.165, 1.54) is 12.1 Å². The van der Waals surface area contributed by atoms with Gasteiger partial charge in [0.05, 0.1) is 0 Å². The number of likely N-dealkylation sites (N-methyl/N-ethyl adjacent to an activating group) is 1. The van der Waals surface area contributed by atoms with Gasteiger partial charge in [-0.3, -0.25) is 24.6 Å². The Morgan fingerprint density at radius 3 is 2.02 bits per heavy atom. The highest BCUT2D eigenvalue weighted by atomic mass is 16.6. The molecule has 12 nitrogen and oxygen atoms in total. The fourth-order valence-electron chi connectivity index (χ4n) is 4.43. The van der Waals surface area contributed by atoms with E-state index in [2.05, 4.69) is 21.0 Å². The Kier molecular flexibility index (Phi) is 9.35. The lowest BCUT2D eigenvalue weighted by molar-refractivity contribution is -0.131. The first kappa shape index (κ1) is 29.0. The number of nitrogens with one attached hydrogen (secondary N) is 3. The van der Waals surface area contributed by atoms with Crippen LogP contribution in [0.5, 0.6) is 5.75 Å². The Morgan fingerprint density at radius 1 is 0.875 bits per heavy atom. The molecule has 40 heavy (non-hydrogen) atoms. The van der Waals surface area contributed by atoms with Crippen molar-refractivity contribution in [3.05, 3.63) is 65.2 Å². The third kappa shape index (κ3) is 8.01. The second-order valence-electron chi connectivity index (χ2n) is 10.3. The Hall–Kier alpha value is -4.00. The molecule has 2 fully saturated rings. The number of phenolic OH excluding ortho intramolecular Hbond substituents is 1. The van der Waals surface area contributed by atoms with E-state index in [0.717, 1.165) is 24.2 Å². The molecule has 4 amide bonds. The number of aryl methyl sites for hydroxylation is 1. The molecular formula is C28H36N6O6. The predicted octanol–water partition coefficient (Wildman–Crippen LogP) is -1.01. The molecule has 2 aromatic rings. The minimum Gasteiger partial charge on any atom is -0.508 e. The normalized spacial score (nSPS) is 20.6. The van der Waals surface area contributed by atoms with Gasteiger partial charge in [-0.05, 0) is 37.2 Å². The highest BCUT2D eigenvalue weighted by molar-refractivity contribution is 5.97. The molecule has 2 aliphatic rings. The van der Waals surface area contributed by atoms with Crippen LogP contribution in [-0.2, 0) is 36.8 Å². The zero-order chi connectivity index (χ0) is 28.8. The number of rotatable bonds is 11. The summed E-state index contributed by atoms with van der Waals surface area (Å²) < 4.78 is 5.37. The Bertz CT molecular complexity index is 1210. The summed E-state index contributed by atoms with van der Waals surface area (Å²) >= 11 is 0. The van der Waals surface area contributed by atoms with Crippen molar-refractivity contribution in [2.75, 3.05) is 33.2 Å². The molecular weight excluding hydrogens is 516 g/mol. The number of phenols is 1. The van der Waals surface area contributed by atoms with Crippen LogP contribution in [-0.4, -0.2) is 96.2 Å². The van der Waals surface area contributed by atoms with Crippen molar-refractivity contribution >= 4 is 23.6 Å². The van der Waals surface area contributed by atoms with Gasteiger partial charge in [-0.1, -0.05) is 42.0 Å². The summed E-state index contributed by atoms with van der Waals surface area (Å²) in [5.41, 5.74) is 10.9. The number of hydrazine groups is 1. The van der Waals surface area contributed by atoms with Crippen molar-refractivity contribution < 1.29 is 29.0 Å². The summed E-state index contributed by atoms with van der Waals surface area (Å²) in [5.74, 6) is -2.28. The highest BCUT2D eigenvalue weighted by Crippen LogP contribution is 2.23. The van der Waals surface area contributed by atoms with E-state index in [-0.39, 0.29) is 18.6 Å². The number of nitrogens with two attached hydrogens (primary N) is 1. The number of nitrogens with zero attached hydrogens (tertiary/aromatic N) is 2. The number of amides is 4. The first-order chi connectivity index (χ1) is 19.1. The molecule has 0 aliphatic carbocycles. The molecule has 6 N–H and O–H groups in total. The molecule has 12 heteroatoms. The summed E-state index contributed by atoms with van der Waals surface area (Å²) in [7, 11) is 2.01. The molecule has 0 spiro atoms. The van der Waals surface area contributed by atoms with Gasteiger partial charge in [0, 0.05) is 39.0 Å². The molecule has 4 atom stereocenters. The predicted molar refractivity (Wildman–Crippen MR) is 146 cm³/mol. The van der Waals surface area contributed by atoms with Gasteiger partial charge in [0.25, 0.3) is 11.8 Å². The van der Waals surface area contributed by atoms with Crippen LogP contribution in [0.4, 0.5) is 0 Å². The maximum absolute atomic E-state index is 13.4. The lowest BCUT2D eigenvalue weighted by atomic mass is 10.0. The van der Waals surface area contributed by atoms with Crippen molar-refractivity contribution in [1.82, 2.24) is 26.0 Å². The number of benzene rings is 2. The number of hydrogen-bond donors (Lipinski definition) is 5. The minimum absolute atomic E-state index is 0.0714. The third-order valence-corrected chi connectivity index (χ3v) is 7.01. The second-order valence-corrected chi connectivity index (χ2v) is 10.3. The first-order valence-electron chi connectivity index (χ1n) is 13.2. The van der Waals surface area contributed by atoms with E-state index in [1.807, 2.05) is 38.2 Å². The molecule has 0 unspecified atom stereocenters. The van der Waals surface area contributed by atoms with Gasteiger partial charge in [0.15, 0.2) is 12.2 Å². The van der Waals surface area contributed by atoms with Crippen molar-refractivity contribution in [1.29, 1.82) is 0 Å². The van der Waals surface area contributed by atoms with Gasteiger partial charge in [-0.2, -0.15) is 0 Å². The highest BCUT2D eigenvalue weighted by Gasteiger charge is 2.51. The van der Waals surface area contributed by atoms with Crippen LogP contribution < -0.4 is 21.8 Å². The summed E-state index contributed by atoms with van der Waals surface area (Å²) in [6, 6.07) is 11.6. The summed E-state index contributed by atoms with van der Waals surface area (Å²) in [4.78, 5) is 53.3. The molecule has 2 saturated heterocycles. The average Bonchev–Trinajstić information content (AvgIpc) is 3.73. The lowest BCUT2D eigenvalue weighted by Crippen LogP contribution is -2.55. The molecule has 0 radical (unpaired) electrons. The van der Waals surface area contributed by atoms with E-state index in [9.17, 15) is 24.3 Å². The standard InChI is InChI=1S/C28H36N6O6/c1-17-3-5-18(6-4-17)16-22(26(37)30-21(25(29)36)15-19-7-9-20(35)10-8-19)31-27(38)23-24(40-23)28(39)32-34-13-11-33(2)12-14-34/h3-10,21-24,35H,11-16H2,1-2H3,(H2,29,36)(H,30,37)(H,31,38)(H,32,39)/t21-,22-,23+,24+/m0/s1. The van der Waals surface area contributed by atoms with Gasteiger partial charge in [-0.15, -0.1) is 0 Å². The van der Waals surface area contributed by atoms with Crippen molar-refractivity contribution in [2.24, 2.45) is 5.73 Å². The number of ether oxygens (including phenoxy) is 1. The van der Waals surface area contributed by atoms with E-state index in [1.54, 1.807) is 17.1 Å². The lowest BCUT2D eigenvalue weighted by Gasteiger charge is -2.32. The van der Waals surface area contributed by atoms with Gasteiger partial charge < -0.3 is 31.1 Å². The van der Waals surface area contributed by atoms with Crippen LogP contribution in [0.1, 0.15) is 16.7 Å². The smallest absolute Gasteiger partial charge is 0.266 e. The fraction of sp³-hybridized carbons (Fsp3) is 0.429. The SMILES string of the molecule is Cc1ccc(C[C@H](NC(=O)[C@@H]2O[C@H]2C(=O)NN2CCN(C)CC2)C(=O)N[C@@H](Cc2ccc(O)cc2)C(N)=O)cc1. The Balaban J connectivity index is 1.40. The zero-order valence-corrected chi connectivity index (χ0v) is 22.6. The van der Waals surface area contributed by atoms with Crippen molar-refractivity contribution in [2.45, 2.75) is 44.1 Å². The van der Waals surface area contributed by atoms with Crippen molar-refractivity contribution in [3.63, 3.8) is 0 Å². The molecule has 0 bridgehead atoms. The summed E-state index contributed by atoms with van der Waals surface area (Å²) in [5, 5.41) is 16.6. The van der Waals surface area contributed by atoms with E-state index in [0.29, 0.717) is 18.7 Å². The molecule has 2 aromatic carbocycles. The summed E-state index contributed by atoms with van der Waals surface area (Å²) in [6.45, 7) is 4.88. The Labute approximate surface area is 232 Å². The van der Waals surface area contributed by atoms with E-state index < -0.39 is 47.9 Å². The van der Waals surface area contributed by atoms with E-state index in [4.69, 9.17) is 10.5 Å². The second kappa shape index (κ2) is 12.9. The van der Waals surface area contributed by atoms with Crippen LogP contribution in [0.15, 0.2) is 48.5 Å². The molecule has 0 aromatic heterocycles. The van der Waals surface area contributed by atoms with Crippen LogP contribution >= 0.6 is 0 Å². The van der Waals surface area contributed by atoms with Crippen LogP contribution in [0.25, 0.3) is 0 Å². The fourth-order valence-corrected chi connectivity index (χ4v) is 4.43. The number of epoxide rings is 1. The number of hydrogen-bond acceptors (Lipinski definition) is 8. The molecule has 0 saturated carbocycles. The largest absolute Gasteiger partial charge is 0.508 e.